The van der Waals surface area contributed by atoms with E-state index >= 15 is 0 Å². The van der Waals surface area contributed by atoms with Gasteiger partial charge in [0.2, 0.25) is 0 Å². The molecule has 0 amide bonds. The van der Waals surface area contributed by atoms with Gasteiger partial charge in [0, 0.05) is 18.4 Å². The number of rotatable bonds is 57. The van der Waals surface area contributed by atoms with Crippen LogP contribution in [0.2, 0.25) is 0 Å². The van der Waals surface area contributed by atoms with Gasteiger partial charge in [0.05, 0.1) is 6.61 Å². The van der Waals surface area contributed by atoms with Crippen LogP contribution in [0.25, 0.3) is 10.8 Å². The quantitative estimate of drug-likeness (QED) is 0.0490. The number of hydrogen-bond acceptors (Lipinski definition) is 3. The SMILES string of the molecule is CCCCCCCCCCCCc1cccc2c(OCCOCCCCCCCCCCCCCCCCCCCCCCCCCCCCCCCCCCCCCCCCCC=O)cccc12. The van der Waals surface area contributed by atoms with E-state index in [4.69, 9.17) is 9.47 Å². The van der Waals surface area contributed by atoms with Crippen molar-refractivity contribution in [3.63, 3.8) is 0 Å². The van der Waals surface area contributed by atoms with E-state index in [9.17, 15) is 4.79 Å². The van der Waals surface area contributed by atoms with Gasteiger partial charge in [-0.05, 0) is 42.7 Å². The fraction of sp³-hybridized carbons (Fsp3) is 0.833. The molecule has 0 N–H and O–H groups in total. The fourth-order valence-electron chi connectivity index (χ4n) is 10.8. The van der Waals surface area contributed by atoms with Gasteiger partial charge in [0.25, 0.3) is 0 Å². The summed E-state index contributed by atoms with van der Waals surface area (Å²) in [6, 6.07) is 13.3. The molecule has 0 saturated heterocycles. The Bertz CT molecular complexity index is 1320. The second-order valence-corrected chi connectivity index (χ2v) is 21.9. The first kappa shape index (κ1) is 63.2. The van der Waals surface area contributed by atoms with E-state index in [1.165, 1.54) is 325 Å². The molecule has 0 unspecified atom stereocenters. The molecule has 0 aromatic heterocycles. The molecule has 0 atom stereocenters. The third-order valence-electron chi connectivity index (χ3n) is 15.4. The third kappa shape index (κ3) is 41.3. The van der Waals surface area contributed by atoms with Crippen LogP contribution in [0.3, 0.4) is 0 Å². The van der Waals surface area contributed by atoms with Crippen LogP contribution in [0, 0.1) is 0 Å². The summed E-state index contributed by atoms with van der Waals surface area (Å²) in [5.41, 5.74) is 1.47. The molecule has 3 heteroatoms. The zero-order valence-electron chi connectivity index (χ0n) is 46.4. The minimum atomic E-state index is 0.624. The molecule has 2 aromatic rings. The van der Waals surface area contributed by atoms with Gasteiger partial charge in [-0.3, -0.25) is 0 Å². The molecular weight excluding hydrogens is 841 g/mol. The first-order valence-electron chi connectivity index (χ1n) is 31.5. The average molecular weight is 960 g/mol. The van der Waals surface area contributed by atoms with Crippen LogP contribution >= 0.6 is 0 Å². The summed E-state index contributed by atoms with van der Waals surface area (Å²) in [7, 11) is 0. The minimum Gasteiger partial charge on any atom is -0.491 e. The van der Waals surface area contributed by atoms with Crippen molar-refractivity contribution < 1.29 is 14.3 Å². The molecule has 69 heavy (non-hydrogen) atoms. The maximum Gasteiger partial charge on any atom is 0.127 e. The van der Waals surface area contributed by atoms with Gasteiger partial charge in [-0.1, -0.05) is 333 Å². The van der Waals surface area contributed by atoms with Crippen LogP contribution in [0.5, 0.6) is 5.75 Å². The highest BCUT2D eigenvalue weighted by Crippen LogP contribution is 2.29. The first-order valence-corrected chi connectivity index (χ1v) is 31.5. The fourth-order valence-corrected chi connectivity index (χ4v) is 10.8. The van der Waals surface area contributed by atoms with Crippen molar-refractivity contribution in [1.29, 1.82) is 0 Å². The van der Waals surface area contributed by atoms with Gasteiger partial charge >= 0.3 is 0 Å². The molecule has 0 heterocycles. The van der Waals surface area contributed by atoms with E-state index in [1.54, 1.807) is 0 Å². The van der Waals surface area contributed by atoms with Crippen LogP contribution in [0.1, 0.15) is 334 Å². The zero-order valence-corrected chi connectivity index (χ0v) is 46.4. The Morgan fingerprint density at radius 3 is 1.01 bits per heavy atom. The summed E-state index contributed by atoms with van der Waals surface area (Å²) in [6.45, 7) is 4.45. The molecule has 0 aliphatic carbocycles. The van der Waals surface area contributed by atoms with E-state index in [0.29, 0.717) is 13.2 Å². The first-order chi connectivity index (χ1) is 34.4. The van der Waals surface area contributed by atoms with Crippen molar-refractivity contribution in [2.45, 2.75) is 334 Å². The van der Waals surface area contributed by atoms with Crippen molar-refractivity contribution in [2.24, 2.45) is 0 Å². The lowest BCUT2D eigenvalue weighted by Gasteiger charge is -2.12. The molecule has 0 bridgehead atoms. The molecule has 2 aromatic carbocycles. The Morgan fingerprint density at radius 1 is 0.319 bits per heavy atom. The van der Waals surface area contributed by atoms with Crippen molar-refractivity contribution in [3.05, 3.63) is 42.0 Å². The predicted octanol–water partition coefficient (Wildman–Crippen LogP) is 22.5. The highest BCUT2D eigenvalue weighted by Gasteiger charge is 2.07. The van der Waals surface area contributed by atoms with E-state index in [2.05, 4.69) is 43.3 Å². The summed E-state index contributed by atoms with van der Waals surface area (Å²) in [4.78, 5) is 10.3. The number of hydrogen-bond donors (Lipinski definition) is 0. The third-order valence-corrected chi connectivity index (χ3v) is 15.4. The minimum absolute atomic E-state index is 0.624. The molecule has 0 aliphatic rings. The number of carbonyl (C=O) groups is 1. The second kappa shape index (κ2) is 52.5. The van der Waals surface area contributed by atoms with Crippen LogP contribution < -0.4 is 4.74 Å². The predicted molar refractivity (Wildman–Crippen MR) is 307 cm³/mol. The van der Waals surface area contributed by atoms with E-state index < -0.39 is 0 Å². The zero-order chi connectivity index (χ0) is 48.9. The molecule has 3 nitrogen and oxygen atoms in total. The molecule has 2 rings (SSSR count). The number of benzene rings is 2. The summed E-state index contributed by atoms with van der Waals surface area (Å²) < 4.78 is 12.2. The maximum atomic E-state index is 10.3. The summed E-state index contributed by atoms with van der Waals surface area (Å²) >= 11 is 0. The van der Waals surface area contributed by atoms with Gasteiger partial charge < -0.3 is 14.3 Å². The van der Waals surface area contributed by atoms with Gasteiger partial charge in [-0.25, -0.2) is 0 Å². The van der Waals surface area contributed by atoms with Crippen molar-refractivity contribution in [3.8, 4) is 5.75 Å². The van der Waals surface area contributed by atoms with Gasteiger partial charge in [-0.2, -0.15) is 0 Å². The lowest BCUT2D eigenvalue weighted by Crippen LogP contribution is -2.07. The molecule has 400 valence electrons. The maximum absolute atomic E-state index is 10.3. The van der Waals surface area contributed by atoms with Gasteiger partial charge in [0.15, 0.2) is 0 Å². The second-order valence-electron chi connectivity index (χ2n) is 21.9. The number of fused-ring (bicyclic) bond motifs is 1. The molecule has 0 fully saturated rings. The van der Waals surface area contributed by atoms with E-state index in [-0.39, 0.29) is 0 Å². The standard InChI is InChI=1S/C66H118O3/c1-2-3-4-5-6-7-40-43-46-49-54-63-55-52-57-65-64(63)56-53-58-66(65)69-62-61-68-60-51-48-45-42-39-37-35-33-31-29-27-25-23-21-19-17-15-13-11-9-8-10-12-14-16-18-20-22-24-26-28-30-32-34-36-38-41-44-47-50-59-67/h52-53,55-59H,2-51,54,60-62H2,1H3. The van der Waals surface area contributed by atoms with Crippen LogP contribution in [-0.2, 0) is 16.0 Å². The van der Waals surface area contributed by atoms with Gasteiger partial charge in [0.1, 0.15) is 18.6 Å². The Labute approximate surface area is 431 Å². The summed E-state index contributed by atoms with van der Waals surface area (Å²) in [5.74, 6) is 1.00. The molecular formula is C66H118O3. The van der Waals surface area contributed by atoms with Crippen molar-refractivity contribution in [2.75, 3.05) is 19.8 Å². The summed E-state index contributed by atoms with van der Waals surface area (Å²) in [5, 5.41) is 2.61. The van der Waals surface area contributed by atoms with Crippen molar-refractivity contribution >= 4 is 17.1 Å². The largest absolute Gasteiger partial charge is 0.491 e. The number of carbonyl (C=O) groups excluding carboxylic acids is 1. The smallest absolute Gasteiger partial charge is 0.127 e. The molecule has 0 radical (unpaired) electrons. The Morgan fingerprint density at radius 2 is 0.638 bits per heavy atom. The van der Waals surface area contributed by atoms with Crippen LogP contribution in [0.15, 0.2) is 36.4 Å². The van der Waals surface area contributed by atoms with Crippen LogP contribution in [0.4, 0.5) is 0 Å². The topological polar surface area (TPSA) is 35.5 Å². The number of aryl methyl sites for hydroxylation is 1. The van der Waals surface area contributed by atoms with Crippen molar-refractivity contribution in [1.82, 2.24) is 0 Å². The Kier molecular flexibility index (Phi) is 48.1. The highest BCUT2D eigenvalue weighted by molar-refractivity contribution is 5.91. The number of ether oxygens (including phenoxy) is 2. The number of unbranched alkanes of at least 4 members (excludes halogenated alkanes) is 48. The molecule has 0 saturated carbocycles. The Hall–Kier alpha value is -1.87. The summed E-state index contributed by atoms with van der Waals surface area (Å²) in [6.07, 6.45) is 72.3. The van der Waals surface area contributed by atoms with Crippen LogP contribution in [-0.4, -0.2) is 26.1 Å². The van der Waals surface area contributed by atoms with E-state index in [0.717, 1.165) is 37.9 Å². The normalized spacial score (nSPS) is 11.6. The lowest BCUT2D eigenvalue weighted by molar-refractivity contribution is -0.107. The monoisotopic (exact) mass is 959 g/mol. The average Bonchev–Trinajstić information content (AvgIpc) is 3.37. The Balaban J connectivity index is 1.21. The lowest BCUT2D eigenvalue weighted by atomic mass is 9.98. The highest BCUT2D eigenvalue weighted by atomic mass is 16.5. The van der Waals surface area contributed by atoms with E-state index in [1.807, 2.05) is 0 Å². The molecule has 0 aliphatic heterocycles. The number of aldehydes is 1. The molecule has 0 spiro atoms. The van der Waals surface area contributed by atoms with Gasteiger partial charge in [-0.15, -0.1) is 0 Å².